The SMILES string of the molecule is NCc1cc(Cc2ccc(N)cc2)ncn1. The highest BCUT2D eigenvalue weighted by molar-refractivity contribution is 5.40. The summed E-state index contributed by atoms with van der Waals surface area (Å²) in [6, 6.07) is 9.70. The van der Waals surface area contributed by atoms with E-state index in [1.165, 1.54) is 5.56 Å². The van der Waals surface area contributed by atoms with E-state index in [1.54, 1.807) is 6.33 Å². The molecule has 0 aliphatic rings. The molecule has 4 nitrogen and oxygen atoms in total. The van der Waals surface area contributed by atoms with Gasteiger partial charge in [0.25, 0.3) is 0 Å². The van der Waals surface area contributed by atoms with Crippen molar-refractivity contribution in [3.05, 3.63) is 53.6 Å². The Morgan fingerprint density at radius 2 is 1.69 bits per heavy atom. The van der Waals surface area contributed by atoms with E-state index in [9.17, 15) is 0 Å². The molecule has 0 bridgehead atoms. The van der Waals surface area contributed by atoms with E-state index in [0.717, 1.165) is 23.5 Å². The topological polar surface area (TPSA) is 77.8 Å². The first kappa shape index (κ1) is 10.6. The molecule has 2 aromatic rings. The van der Waals surface area contributed by atoms with Gasteiger partial charge < -0.3 is 11.5 Å². The van der Waals surface area contributed by atoms with Crippen LogP contribution in [0.5, 0.6) is 0 Å². The fourth-order valence-corrected chi connectivity index (χ4v) is 1.50. The number of nitrogen functional groups attached to an aromatic ring is 1. The molecule has 4 heteroatoms. The molecule has 0 spiro atoms. The number of hydrogen-bond donors (Lipinski definition) is 2. The lowest BCUT2D eigenvalue weighted by atomic mass is 10.1. The molecule has 0 unspecified atom stereocenters. The highest BCUT2D eigenvalue weighted by Gasteiger charge is 1.99. The van der Waals surface area contributed by atoms with Crippen LogP contribution in [0.25, 0.3) is 0 Å². The maximum atomic E-state index is 5.62. The molecule has 16 heavy (non-hydrogen) atoms. The van der Waals surface area contributed by atoms with E-state index in [-0.39, 0.29) is 0 Å². The van der Waals surface area contributed by atoms with Crippen LogP contribution in [-0.2, 0) is 13.0 Å². The Hall–Kier alpha value is -1.94. The number of hydrogen-bond acceptors (Lipinski definition) is 4. The predicted octanol–water partition coefficient (Wildman–Crippen LogP) is 1.11. The van der Waals surface area contributed by atoms with Crippen molar-refractivity contribution >= 4 is 5.69 Å². The van der Waals surface area contributed by atoms with E-state index in [1.807, 2.05) is 30.3 Å². The lowest BCUT2D eigenvalue weighted by molar-refractivity contribution is 0.928. The van der Waals surface area contributed by atoms with Crippen LogP contribution in [0.15, 0.2) is 36.7 Å². The average Bonchev–Trinajstić information content (AvgIpc) is 2.32. The summed E-state index contributed by atoms with van der Waals surface area (Å²) in [7, 11) is 0. The van der Waals surface area contributed by atoms with Crippen molar-refractivity contribution in [1.29, 1.82) is 0 Å². The maximum absolute atomic E-state index is 5.62. The van der Waals surface area contributed by atoms with Crippen LogP contribution in [0, 0.1) is 0 Å². The number of rotatable bonds is 3. The highest BCUT2D eigenvalue weighted by atomic mass is 14.8. The molecular formula is C12H14N4. The van der Waals surface area contributed by atoms with Gasteiger partial charge in [-0.15, -0.1) is 0 Å². The van der Waals surface area contributed by atoms with E-state index < -0.39 is 0 Å². The lowest BCUT2D eigenvalue weighted by Gasteiger charge is -2.03. The third kappa shape index (κ3) is 2.55. The number of nitrogens with two attached hydrogens (primary N) is 2. The van der Waals surface area contributed by atoms with Crippen molar-refractivity contribution < 1.29 is 0 Å². The minimum absolute atomic E-state index is 0.442. The fourth-order valence-electron chi connectivity index (χ4n) is 1.50. The molecule has 0 radical (unpaired) electrons. The molecule has 1 aromatic carbocycles. The Labute approximate surface area is 94.3 Å². The number of benzene rings is 1. The monoisotopic (exact) mass is 214 g/mol. The van der Waals surface area contributed by atoms with E-state index in [0.29, 0.717) is 6.54 Å². The lowest BCUT2D eigenvalue weighted by Crippen LogP contribution is -2.02. The minimum atomic E-state index is 0.442. The number of nitrogens with zero attached hydrogens (tertiary/aromatic N) is 2. The van der Waals surface area contributed by atoms with E-state index in [4.69, 9.17) is 11.5 Å². The molecule has 0 fully saturated rings. The normalized spacial score (nSPS) is 10.3. The Morgan fingerprint density at radius 3 is 2.38 bits per heavy atom. The fraction of sp³-hybridized carbons (Fsp3) is 0.167. The summed E-state index contributed by atoms with van der Waals surface area (Å²) in [5.41, 5.74) is 14.9. The molecule has 2 rings (SSSR count). The van der Waals surface area contributed by atoms with Gasteiger partial charge in [0.2, 0.25) is 0 Å². The Bertz CT molecular complexity index is 465. The van der Waals surface area contributed by atoms with E-state index >= 15 is 0 Å². The summed E-state index contributed by atoms with van der Waals surface area (Å²) >= 11 is 0. The predicted molar refractivity (Wildman–Crippen MR) is 63.6 cm³/mol. The van der Waals surface area contributed by atoms with E-state index in [2.05, 4.69) is 9.97 Å². The second-order valence-electron chi connectivity index (χ2n) is 3.62. The quantitative estimate of drug-likeness (QED) is 0.750. The molecule has 0 aliphatic carbocycles. The molecule has 82 valence electrons. The summed E-state index contributed by atoms with van der Waals surface area (Å²) in [5, 5.41) is 0. The summed E-state index contributed by atoms with van der Waals surface area (Å²) in [4.78, 5) is 8.26. The largest absolute Gasteiger partial charge is 0.399 e. The summed E-state index contributed by atoms with van der Waals surface area (Å²) < 4.78 is 0. The summed E-state index contributed by atoms with van der Waals surface area (Å²) in [5.74, 6) is 0. The van der Waals surface area contributed by atoms with Gasteiger partial charge in [-0.1, -0.05) is 12.1 Å². The van der Waals surface area contributed by atoms with Crippen LogP contribution in [0.2, 0.25) is 0 Å². The van der Waals surface area contributed by atoms with Gasteiger partial charge in [-0.3, -0.25) is 0 Å². The van der Waals surface area contributed by atoms with Crippen molar-refractivity contribution in [2.24, 2.45) is 5.73 Å². The smallest absolute Gasteiger partial charge is 0.115 e. The zero-order valence-electron chi connectivity index (χ0n) is 8.93. The minimum Gasteiger partial charge on any atom is -0.399 e. The summed E-state index contributed by atoms with van der Waals surface area (Å²) in [6.45, 7) is 0.442. The first-order valence-corrected chi connectivity index (χ1v) is 5.12. The second kappa shape index (κ2) is 4.72. The average molecular weight is 214 g/mol. The van der Waals surface area contributed by atoms with Crippen LogP contribution in [0.3, 0.4) is 0 Å². The Balaban J connectivity index is 2.16. The van der Waals surface area contributed by atoms with Crippen molar-refractivity contribution in [2.45, 2.75) is 13.0 Å². The first-order valence-electron chi connectivity index (χ1n) is 5.12. The standard InChI is InChI=1S/C12H14N4/c13-7-12-6-11(15-8-16-12)5-9-1-3-10(14)4-2-9/h1-4,6,8H,5,7,13-14H2. The van der Waals surface area contributed by atoms with Gasteiger partial charge in [-0.25, -0.2) is 9.97 Å². The van der Waals surface area contributed by atoms with Crippen LogP contribution in [0.1, 0.15) is 17.0 Å². The molecular weight excluding hydrogens is 200 g/mol. The van der Waals surface area contributed by atoms with Crippen LogP contribution in [-0.4, -0.2) is 9.97 Å². The van der Waals surface area contributed by atoms with Gasteiger partial charge in [-0.2, -0.15) is 0 Å². The van der Waals surface area contributed by atoms with Crippen molar-refractivity contribution in [3.63, 3.8) is 0 Å². The van der Waals surface area contributed by atoms with Crippen LogP contribution >= 0.6 is 0 Å². The first-order chi connectivity index (χ1) is 7.78. The van der Waals surface area contributed by atoms with Crippen LogP contribution in [0.4, 0.5) is 5.69 Å². The second-order valence-corrected chi connectivity index (χ2v) is 3.62. The molecule has 1 aromatic heterocycles. The van der Waals surface area contributed by atoms with Gasteiger partial charge in [0, 0.05) is 24.3 Å². The molecule has 1 heterocycles. The third-order valence-corrected chi connectivity index (χ3v) is 2.35. The molecule has 0 atom stereocenters. The number of aromatic nitrogens is 2. The zero-order valence-corrected chi connectivity index (χ0v) is 8.93. The highest BCUT2D eigenvalue weighted by Crippen LogP contribution is 2.10. The molecule has 4 N–H and O–H groups in total. The van der Waals surface area contributed by atoms with Gasteiger partial charge in [0.15, 0.2) is 0 Å². The van der Waals surface area contributed by atoms with Crippen molar-refractivity contribution in [1.82, 2.24) is 9.97 Å². The number of anilines is 1. The van der Waals surface area contributed by atoms with Gasteiger partial charge in [0.1, 0.15) is 6.33 Å². The Morgan fingerprint density at radius 1 is 1.00 bits per heavy atom. The molecule has 0 saturated heterocycles. The van der Waals surface area contributed by atoms with Gasteiger partial charge in [-0.05, 0) is 23.8 Å². The summed E-state index contributed by atoms with van der Waals surface area (Å²) in [6.07, 6.45) is 2.32. The molecule has 0 amide bonds. The van der Waals surface area contributed by atoms with Crippen molar-refractivity contribution in [3.8, 4) is 0 Å². The van der Waals surface area contributed by atoms with Crippen molar-refractivity contribution in [2.75, 3.05) is 5.73 Å². The van der Waals surface area contributed by atoms with Gasteiger partial charge >= 0.3 is 0 Å². The molecule has 0 saturated carbocycles. The molecule has 0 aliphatic heterocycles. The third-order valence-electron chi connectivity index (χ3n) is 2.35. The van der Waals surface area contributed by atoms with Gasteiger partial charge in [0.05, 0.1) is 5.69 Å². The zero-order chi connectivity index (χ0) is 11.4. The van der Waals surface area contributed by atoms with Crippen LogP contribution < -0.4 is 11.5 Å². The Kier molecular flexibility index (Phi) is 3.12. The maximum Gasteiger partial charge on any atom is 0.115 e.